The van der Waals surface area contributed by atoms with Crippen molar-refractivity contribution in [1.29, 1.82) is 0 Å². The predicted octanol–water partition coefficient (Wildman–Crippen LogP) is 4.41. The van der Waals surface area contributed by atoms with Crippen molar-refractivity contribution in [3.05, 3.63) is 71.7 Å². The van der Waals surface area contributed by atoms with Crippen LogP contribution in [0.15, 0.2) is 54.9 Å². The Hall–Kier alpha value is -4.48. The molecule has 190 valence electrons. The van der Waals surface area contributed by atoms with E-state index in [0.717, 1.165) is 0 Å². The first-order valence-electron chi connectivity index (χ1n) is 11.4. The van der Waals surface area contributed by atoms with Gasteiger partial charge in [-0.3, -0.25) is 14.6 Å². The number of para-hydroxylation sites is 1. The minimum atomic E-state index is -4.85. The number of pyridine rings is 1. The van der Waals surface area contributed by atoms with Crippen LogP contribution >= 0.6 is 0 Å². The van der Waals surface area contributed by atoms with Crippen molar-refractivity contribution >= 4 is 23.3 Å². The molecule has 9 nitrogen and oxygen atoms in total. The van der Waals surface area contributed by atoms with Crippen LogP contribution in [0.2, 0.25) is 0 Å². The van der Waals surface area contributed by atoms with Gasteiger partial charge in [-0.1, -0.05) is 18.2 Å². The number of rotatable bonds is 5. The van der Waals surface area contributed by atoms with E-state index in [1.54, 1.807) is 43.6 Å². The molecule has 1 unspecified atom stereocenters. The van der Waals surface area contributed by atoms with Crippen molar-refractivity contribution in [1.82, 2.24) is 24.5 Å². The van der Waals surface area contributed by atoms with Crippen LogP contribution in [0.3, 0.4) is 0 Å². The molecule has 4 aromatic rings. The molecule has 0 fully saturated rings. The first-order chi connectivity index (χ1) is 17.6. The van der Waals surface area contributed by atoms with Crippen LogP contribution in [-0.4, -0.2) is 49.2 Å². The normalized spacial score (nSPS) is 14.4. The molecule has 1 aliphatic heterocycles. The average Bonchev–Trinajstić information content (AvgIpc) is 3.24. The van der Waals surface area contributed by atoms with Gasteiger partial charge >= 0.3 is 6.36 Å². The molecule has 0 radical (unpaired) electrons. The summed E-state index contributed by atoms with van der Waals surface area (Å²) in [5.41, 5.74) is 2.85. The Bertz CT molecular complexity index is 1520. The number of amides is 2. The molecule has 0 saturated carbocycles. The number of nitrogens with one attached hydrogen (secondary N) is 1. The quantitative estimate of drug-likeness (QED) is 0.427. The smallest absolute Gasteiger partial charge is 0.405 e. The van der Waals surface area contributed by atoms with E-state index < -0.39 is 12.4 Å². The van der Waals surface area contributed by atoms with Crippen molar-refractivity contribution in [3.63, 3.8) is 0 Å². The second kappa shape index (κ2) is 9.19. The predicted molar refractivity (Wildman–Crippen MR) is 127 cm³/mol. The molecule has 0 saturated heterocycles. The Morgan fingerprint density at radius 3 is 2.73 bits per heavy atom. The number of anilines is 1. The second-order valence-corrected chi connectivity index (χ2v) is 8.56. The highest BCUT2D eigenvalue weighted by Gasteiger charge is 2.35. The lowest BCUT2D eigenvalue weighted by Crippen LogP contribution is -2.40. The number of carbonyl (C=O) groups excluding carboxylic acids is 2. The van der Waals surface area contributed by atoms with Gasteiger partial charge in [-0.15, -0.1) is 13.2 Å². The summed E-state index contributed by atoms with van der Waals surface area (Å²) in [7, 11) is 0. The number of ether oxygens (including phenoxy) is 1. The third-order valence-corrected chi connectivity index (χ3v) is 6.03. The molecular formula is C25H21F3N6O3. The highest BCUT2D eigenvalue weighted by molar-refractivity contribution is 5.97. The average molecular weight is 510 g/mol. The zero-order valence-corrected chi connectivity index (χ0v) is 19.8. The summed E-state index contributed by atoms with van der Waals surface area (Å²) < 4.78 is 44.5. The van der Waals surface area contributed by atoms with Gasteiger partial charge in [0.25, 0.3) is 5.91 Å². The maximum atomic E-state index is 13.5. The van der Waals surface area contributed by atoms with Crippen molar-refractivity contribution < 1.29 is 27.5 Å². The first-order valence-corrected chi connectivity index (χ1v) is 11.4. The lowest BCUT2D eigenvalue weighted by Gasteiger charge is -2.34. The summed E-state index contributed by atoms with van der Waals surface area (Å²) in [6.45, 7) is 3.34. The second-order valence-electron chi connectivity index (χ2n) is 8.56. The topological polar surface area (TPSA) is 102 Å². The highest BCUT2D eigenvalue weighted by Crippen LogP contribution is 2.35. The van der Waals surface area contributed by atoms with Gasteiger partial charge in [0.15, 0.2) is 11.5 Å². The number of hydrogen-bond acceptors (Lipinski definition) is 6. The van der Waals surface area contributed by atoms with Crippen LogP contribution in [0.5, 0.6) is 5.75 Å². The number of alkyl halides is 3. The maximum Gasteiger partial charge on any atom is 0.573 e. The van der Waals surface area contributed by atoms with Crippen LogP contribution in [-0.2, 0) is 11.2 Å². The van der Waals surface area contributed by atoms with Crippen LogP contribution in [0.1, 0.15) is 41.5 Å². The zero-order valence-electron chi connectivity index (χ0n) is 19.8. The van der Waals surface area contributed by atoms with Crippen LogP contribution in [0, 0.1) is 0 Å². The fraction of sp³-hybridized carbons (Fsp3) is 0.240. The molecule has 37 heavy (non-hydrogen) atoms. The molecule has 1 aromatic carbocycles. The van der Waals surface area contributed by atoms with Crippen LogP contribution in [0.25, 0.3) is 16.9 Å². The fourth-order valence-corrected chi connectivity index (χ4v) is 4.36. The molecule has 2 amide bonds. The minimum absolute atomic E-state index is 0.253. The summed E-state index contributed by atoms with van der Waals surface area (Å²) in [5.74, 6) is -0.589. The van der Waals surface area contributed by atoms with E-state index in [2.05, 4.69) is 25.1 Å². The standard InChI is InChI=1S/C25H21F3N6O3/c1-14(17-5-3-4-6-21(17)37-25(26,27)28)33-10-9-20-18(24(33)36)11-16(12-29-20)19-7-8-23-31-22(30-15(2)35)13-34(23)32-19/h3-8,11-14H,9-10H2,1-2H3,(H,30,35). The Morgan fingerprint density at radius 1 is 1.19 bits per heavy atom. The summed E-state index contributed by atoms with van der Waals surface area (Å²) in [4.78, 5) is 35.0. The molecule has 0 aliphatic carbocycles. The SMILES string of the molecule is CC(=O)Nc1cn2nc(-c3cnc4c(c3)C(=O)N(C(C)c3ccccc3OC(F)(F)F)CC4)ccc2n1. The molecule has 1 N–H and O–H groups in total. The molecule has 12 heteroatoms. The monoisotopic (exact) mass is 510 g/mol. The van der Waals surface area contributed by atoms with Crippen LogP contribution in [0.4, 0.5) is 19.0 Å². The minimum Gasteiger partial charge on any atom is -0.405 e. The van der Waals surface area contributed by atoms with Gasteiger partial charge in [0.1, 0.15) is 5.75 Å². The van der Waals surface area contributed by atoms with Gasteiger partial charge in [0.05, 0.1) is 29.2 Å². The maximum absolute atomic E-state index is 13.5. The molecule has 4 heterocycles. The van der Waals surface area contributed by atoms with Crippen LogP contribution < -0.4 is 10.1 Å². The lowest BCUT2D eigenvalue weighted by molar-refractivity contribution is -0.275. The van der Waals surface area contributed by atoms with Crippen molar-refractivity contribution in [2.45, 2.75) is 32.7 Å². The van der Waals surface area contributed by atoms with Gasteiger partial charge < -0.3 is 15.0 Å². The molecule has 3 aromatic heterocycles. The molecule has 1 aliphatic rings. The number of aromatic nitrogens is 4. The number of imidazole rings is 1. The van der Waals surface area contributed by atoms with Gasteiger partial charge in [-0.05, 0) is 31.2 Å². The van der Waals surface area contributed by atoms with Gasteiger partial charge in [-0.25, -0.2) is 9.50 Å². The van der Waals surface area contributed by atoms with Crippen molar-refractivity contribution in [2.24, 2.45) is 0 Å². The molecular weight excluding hydrogens is 489 g/mol. The number of benzene rings is 1. The van der Waals surface area contributed by atoms with Gasteiger partial charge in [-0.2, -0.15) is 5.10 Å². The van der Waals surface area contributed by atoms with E-state index in [1.165, 1.54) is 34.5 Å². The van der Waals surface area contributed by atoms with E-state index in [1.807, 2.05) is 0 Å². The molecule has 0 spiro atoms. The molecule has 0 bridgehead atoms. The summed E-state index contributed by atoms with van der Waals surface area (Å²) >= 11 is 0. The van der Waals surface area contributed by atoms with E-state index in [-0.39, 0.29) is 23.1 Å². The number of nitrogens with zero attached hydrogens (tertiary/aromatic N) is 5. The Kier molecular flexibility index (Phi) is 6.02. The Labute approximate surface area is 208 Å². The van der Waals surface area contributed by atoms with E-state index in [0.29, 0.717) is 46.9 Å². The Balaban J connectivity index is 1.44. The van der Waals surface area contributed by atoms with E-state index in [4.69, 9.17) is 0 Å². The summed E-state index contributed by atoms with van der Waals surface area (Å²) in [5, 5.41) is 7.11. The number of fused-ring (bicyclic) bond motifs is 2. The number of carbonyl (C=O) groups is 2. The van der Waals surface area contributed by atoms with E-state index in [9.17, 15) is 22.8 Å². The third-order valence-electron chi connectivity index (χ3n) is 6.03. The lowest BCUT2D eigenvalue weighted by atomic mass is 9.98. The fourth-order valence-electron chi connectivity index (χ4n) is 4.36. The summed E-state index contributed by atoms with van der Waals surface area (Å²) in [6, 6.07) is 10.3. The van der Waals surface area contributed by atoms with Crippen molar-refractivity contribution in [3.8, 4) is 17.0 Å². The van der Waals surface area contributed by atoms with Crippen molar-refractivity contribution in [2.75, 3.05) is 11.9 Å². The first kappa shape index (κ1) is 24.2. The molecule has 5 rings (SSSR count). The number of halogens is 3. The zero-order chi connectivity index (χ0) is 26.3. The largest absolute Gasteiger partial charge is 0.573 e. The number of hydrogen-bond donors (Lipinski definition) is 1. The Morgan fingerprint density at radius 2 is 1.97 bits per heavy atom. The summed E-state index contributed by atoms with van der Waals surface area (Å²) in [6.07, 6.45) is -1.21. The van der Waals surface area contributed by atoms with Gasteiger partial charge in [0.2, 0.25) is 5.91 Å². The third kappa shape index (κ3) is 4.95. The van der Waals surface area contributed by atoms with E-state index >= 15 is 0 Å². The highest BCUT2D eigenvalue weighted by atomic mass is 19.4. The van der Waals surface area contributed by atoms with Gasteiger partial charge in [0, 0.05) is 37.2 Å². The molecule has 1 atom stereocenters.